The standard InChI is InChI=1S/C21H26N2O4S/c1-16-8-6-7-11-18(16)19-14-23(15-20(19)21(24)22-12-13-27-2)28(25,26)17-9-4-3-5-10-17/h3-11,19-20H,12-15H2,1-2H3,(H,22,24)/t19-,20+/m0/s1. The van der Waals surface area contributed by atoms with Crippen LogP contribution in [0.1, 0.15) is 17.0 Å². The second kappa shape index (κ2) is 8.86. The van der Waals surface area contributed by atoms with Crippen LogP contribution in [0.5, 0.6) is 0 Å². The number of hydrogen-bond acceptors (Lipinski definition) is 4. The third-order valence-electron chi connectivity index (χ3n) is 5.20. The summed E-state index contributed by atoms with van der Waals surface area (Å²) in [6, 6.07) is 16.2. The Balaban J connectivity index is 1.90. The molecule has 2 aromatic rings. The molecule has 1 saturated heterocycles. The zero-order valence-electron chi connectivity index (χ0n) is 16.2. The zero-order valence-corrected chi connectivity index (χ0v) is 17.0. The number of nitrogens with one attached hydrogen (secondary N) is 1. The minimum absolute atomic E-state index is 0.143. The van der Waals surface area contributed by atoms with E-state index in [9.17, 15) is 13.2 Å². The maximum absolute atomic E-state index is 13.1. The average molecular weight is 403 g/mol. The Kier molecular flexibility index (Phi) is 6.49. The first-order valence-corrected chi connectivity index (χ1v) is 10.8. The molecule has 3 rings (SSSR count). The number of hydrogen-bond donors (Lipinski definition) is 1. The molecule has 28 heavy (non-hydrogen) atoms. The average Bonchev–Trinajstić information content (AvgIpc) is 3.15. The number of benzene rings is 2. The van der Waals surface area contributed by atoms with E-state index >= 15 is 0 Å². The number of carbonyl (C=O) groups excluding carboxylic acids is 1. The monoisotopic (exact) mass is 402 g/mol. The summed E-state index contributed by atoms with van der Waals surface area (Å²) in [5.41, 5.74) is 2.07. The number of carbonyl (C=O) groups is 1. The number of aryl methyl sites for hydroxylation is 1. The first-order chi connectivity index (χ1) is 13.4. The smallest absolute Gasteiger partial charge is 0.243 e. The predicted octanol–water partition coefficient (Wildman–Crippen LogP) is 2.16. The normalized spacial score (nSPS) is 20.2. The van der Waals surface area contributed by atoms with Gasteiger partial charge in [0.25, 0.3) is 0 Å². The lowest BCUT2D eigenvalue weighted by Gasteiger charge is -2.20. The number of methoxy groups -OCH3 is 1. The van der Waals surface area contributed by atoms with E-state index in [1.54, 1.807) is 37.4 Å². The summed E-state index contributed by atoms with van der Waals surface area (Å²) in [5, 5.41) is 2.87. The van der Waals surface area contributed by atoms with Gasteiger partial charge in [-0.2, -0.15) is 4.31 Å². The largest absolute Gasteiger partial charge is 0.383 e. The summed E-state index contributed by atoms with van der Waals surface area (Å²) >= 11 is 0. The molecule has 6 nitrogen and oxygen atoms in total. The Morgan fingerprint density at radius 2 is 1.79 bits per heavy atom. The van der Waals surface area contributed by atoms with Gasteiger partial charge in [0.1, 0.15) is 0 Å². The predicted molar refractivity (Wildman–Crippen MR) is 107 cm³/mol. The number of ether oxygens (including phenoxy) is 1. The quantitative estimate of drug-likeness (QED) is 0.720. The Labute approximate surface area is 166 Å². The Morgan fingerprint density at radius 3 is 2.46 bits per heavy atom. The maximum Gasteiger partial charge on any atom is 0.243 e. The van der Waals surface area contributed by atoms with Crippen molar-refractivity contribution in [2.75, 3.05) is 33.4 Å². The molecule has 2 aromatic carbocycles. The summed E-state index contributed by atoms with van der Waals surface area (Å²) < 4.78 is 32.6. The van der Waals surface area contributed by atoms with Gasteiger partial charge in [-0.05, 0) is 30.2 Å². The van der Waals surface area contributed by atoms with Crippen LogP contribution in [0.25, 0.3) is 0 Å². The third-order valence-corrected chi connectivity index (χ3v) is 7.04. The van der Waals surface area contributed by atoms with Crippen LogP contribution < -0.4 is 5.32 Å². The van der Waals surface area contributed by atoms with Gasteiger partial charge >= 0.3 is 0 Å². The lowest BCUT2D eigenvalue weighted by Crippen LogP contribution is -2.37. The molecule has 1 heterocycles. The van der Waals surface area contributed by atoms with Crippen LogP contribution in [0.2, 0.25) is 0 Å². The van der Waals surface area contributed by atoms with E-state index in [2.05, 4.69) is 5.32 Å². The molecular formula is C21H26N2O4S. The molecular weight excluding hydrogens is 376 g/mol. The van der Waals surface area contributed by atoms with Crippen molar-refractivity contribution in [3.63, 3.8) is 0 Å². The molecule has 0 aromatic heterocycles. The molecule has 0 saturated carbocycles. The van der Waals surface area contributed by atoms with Crippen LogP contribution in [-0.2, 0) is 19.6 Å². The topological polar surface area (TPSA) is 75.7 Å². The maximum atomic E-state index is 13.1. The first-order valence-electron chi connectivity index (χ1n) is 9.32. The van der Waals surface area contributed by atoms with Crippen LogP contribution in [-0.4, -0.2) is 52.0 Å². The van der Waals surface area contributed by atoms with Crippen LogP contribution >= 0.6 is 0 Å². The van der Waals surface area contributed by atoms with Crippen molar-refractivity contribution < 1.29 is 17.9 Å². The molecule has 1 fully saturated rings. The fraction of sp³-hybridized carbons (Fsp3) is 0.381. The molecule has 1 aliphatic heterocycles. The van der Waals surface area contributed by atoms with Gasteiger partial charge in [0.05, 0.1) is 17.4 Å². The van der Waals surface area contributed by atoms with E-state index in [0.29, 0.717) is 13.2 Å². The summed E-state index contributed by atoms with van der Waals surface area (Å²) in [7, 11) is -2.08. The van der Waals surface area contributed by atoms with Gasteiger partial charge in [0.2, 0.25) is 15.9 Å². The molecule has 7 heteroatoms. The van der Waals surface area contributed by atoms with Gasteiger partial charge in [-0.25, -0.2) is 8.42 Å². The highest BCUT2D eigenvalue weighted by molar-refractivity contribution is 7.89. The molecule has 150 valence electrons. The fourth-order valence-electron chi connectivity index (χ4n) is 3.70. The molecule has 1 N–H and O–H groups in total. The fourth-order valence-corrected chi connectivity index (χ4v) is 5.21. The van der Waals surface area contributed by atoms with E-state index in [-0.39, 0.29) is 29.8 Å². The third kappa shape index (κ3) is 4.27. The van der Waals surface area contributed by atoms with Gasteiger partial charge in [-0.1, -0.05) is 42.5 Å². The highest BCUT2D eigenvalue weighted by atomic mass is 32.2. The van der Waals surface area contributed by atoms with Crippen molar-refractivity contribution >= 4 is 15.9 Å². The molecule has 0 radical (unpaired) electrons. The Morgan fingerprint density at radius 1 is 1.11 bits per heavy atom. The molecule has 2 atom stereocenters. The van der Waals surface area contributed by atoms with Gasteiger partial charge in [0.15, 0.2) is 0 Å². The van der Waals surface area contributed by atoms with Crippen molar-refractivity contribution in [1.29, 1.82) is 0 Å². The highest BCUT2D eigenvalue weighted by Gasteiger charge is 2.43. The summed E-state index contributed by atoms with van der Waals surface area (Å²) in [6.45, 7) is 3.25. The van der Waals surface area contributed by atoms with E-state index in [1.165, 1.54) is 4.31 Å². The molecule has 0 bridgehead atoms. The number of nitrogens with zero attached hydrogens (tertiary/aromatic N) is 1. The van der Waals surface area contributed by atoms with E-state index in [0.717, 1.165) is 11.1 Å². The van der Waals surface area contributed by atoms with Crippen molar-refractivity contribution in [1.82, 2.24) is 9.62 Å². The summed E-state index contributed by atoms with van der Waals surface area (Å²) in [6.07, 6.45) is 0. The second-order valence-corrected chi connectivity index (χ2v) is 8.93. The molecule has 0 unspecified atom stereocenters. The minimum atomic E-state index is -3.66. The Bertz CT molecular complexity index is 915. The lowest BCUT2D eigenvalue weighted by atomic mass is 9.86. The minimum Gasteiger partial charge on any atom is -0.383 e. The van der Waals surface area contributed by atoms with E-state index in [4.69, 9.17) is 4.74 Å². The molecule has 0 spiro atoms. The van der Waals surface area contributed by atoms with E-state index in [1.807, 2.05) is 31.2 Å². The second-order valence-electron chi connectivity index (χ2n) is 6.99. The molecule has 0 aliphatic carbocycles. The first kappa shape index (κ1) is 20.5. The molecule has 1 aliphatic rings. The zero-order chi connectivity index (χ0) is 20.1. The van der Waals surface area contributed by atoms with Gasteiger partial charge < -0.3 is 10.1 Å². The van der Waals surface area contributed by atoms with E-state index < -0.39 is 15.9 Å². The number of rotatable bonds is 7. The van der Waals surface area contributed by atoms with Crippen LogP contribution in [0.15, 0.2) is 59.5 Å². The van der Waals surface area contributed by atoms with Crippen LogP contribution in [0, 0.1) is 12.8 Å². The summed E-state index contributed by atoms with van der Waals surface area (Å²) in [4.78, 5) is 13.1. The van der Waals surface area contributed by atoms with Crippen molar-refractivity contribution in [3.8, 4) is 0 Å². The molecule has 1 amide bonds. The van der Waals surface area contributed by atoms with Crippen molar-refractivity contribution in [2.24, 2.45) is 5.92 Å². The highest BCUT2D eigenvalue weighted by Crippen LogP contribution is 2.37. The van der Waals surface area contributed by atoms with Crippen LogP contribution in [0.3, 0.4) is 0 Å². The summed E-state index contributed by atoms with van der Waals surface area (Å²) in [5.74, 6) is -0.783. The SMILES string of the molecule is COCCNC(=O)[C@@H]1CN(S(=O)(=O)c2ccccc2)C[C@H]1c1ccccc1C. The van der Waals surface area contributed by atoms with Gasteiger partial charge in [-0.3, -0.25) is 4.79 Å². The van der Waals surface area contributed by atoms with Crippen molar-refractivity contribution in [2.45, 2.75) is 17.7 Å². The number of sulfonamides is 1. The lowest BCUT2D eigenvalue weighted by molar-refractivity contribution is -0.125. The van der Waals surface area contributed by atoms with Gasteiger partial charge in [-0.15, -0.1) is 0 Å². The van der Waals surface area contributed by atoms with Crippen LogP contribution in [0.4, 0.5) is 0 Å². The number of amides is 1. The Hall–Kier alpha value is -2.22. The van der Waals surface area contributed by atoms with Crippen molar-refractivity contribution in [3.05, 3.63) is 65.7 Å². The van der Waals surface area contributed by atoms with Gasteiger partial charge in [0, 0.05) is 32.7 Å².